The predicted octanol–water partition coefficient (Wildman–Crippen LogP) is 2.40. The molecular formula is C10H14N2S2. The molecule has 0 amide bonds. The molecule has 0 saturated carbocycles. The average Bonchev–Trinajstić information content (AvgIpc) is 2.72. The van der Waals surface area contributed by atoms with E-state index in [2.05, 4.69) is 22.8 Å². The van der Waals surface area contributed by atoms with Gasteiger partial charge in [-0.3, -0.25) is 0 Å². The van der Waals surface area contributed by atoms with Crippen LogP contribution in [0.4, 0.5) is 0 Å². The third-order valence-corrected chi connectivity index (χ3v) is 4.14. The van der Waals surface area contributed by atoms with Gasteiger partial charge in [0.2, 0.25) is 0 Å². The fourth-order valence-corrected chi connectivity index (χ4v) is 3.45. The first-order chi connectivity index (χ1) is 6.90. The molecule has 0 aliphatic carbocycles. The van der Waals surface area contributed by atoms with Gasteiger partial charge in [0.15, 0.2) is 0 Å². The van der Waals surface area contributed by atoms with Gasteiger partial charge in [-0.2, -0.15) is 0 Å². The van der Waals surface area contributed by atoms with Gasteiger partial charge in [-0.05, 0) is 37.0 Å². The Hall–Kier alpha value is -0.420. The molecule has 4 heteroatoms. The number of hydrogen-bond donors (Lipinski definition) is 2. The van der Waals surface area contributed by atoms with Gasteiger partial charge < -0.3 is 11.1 Å². The third-order valence-electron chi connectivity index (χ3n) is 2.05. The average molecular weight is 226 g/mol. The van der Waals surface area contributed by atoms with Gasteiger partial charge in [-0.15, -0.1) is 22.7 Å². The molecule has 2 rings (SSSR count). The summed E-state index contributed by atoms with van der Waals surface area (Å²) in [4.78, 5) is 1.42. The maximum atomic E-state index is 5.42. The summed E-state index contributed by atoms with van der Waals surface area (Å²) in [7, 11) is 0. The second-order valence-corrected chi connectivity index (χ2v) is 5.30. The number of nitrogens with one attached hydrogen (secondary N) is 1. The Morgan fingerprint density at radius 2 is 2.29 bits per heavy atom. The molecule has 2 aromatic heterocycles. The molecule has 0 unspecified atom stereocenters. The van der Waals surface area contributed by atoms with Crippen molar-refractivity contribution in [3.8, 4) is 0 Å². The quantitative estimate of drug-likeness (QED) is 0.768. The van der Waals surface area contributed by atoms with E-state index in [1.54, 1.807) is 0 Å². The van der Waals surface area contributed by atoms with Gasteiger partial charge >= 0.3 is 0 Å². The lowest BCUT2D eigenvalue weighted by molar-refractivity contribution is 0.661. The summed E-state index contributed by atoms with van der Waals surface area (Å²) < 4.78 is 2.82. The summed E-state index contributed by atoms with van der Waals surface area (Å²) in [5.74, 6) is 0. The molecule has 0 radical (unpaired) electrons. The molecule has 0 saturated heterocycles. The van der Waals surface area contributed by atoms with Gasteiger partial charge in [-0.25, -0.2) is 0 Å². The zero-order valence-electron chi connectivity index (χ0n) is 7.95. The zero-order chi connectivity index (χ0) is 9.80. The van der Waals surface area contributed by atoms with E-state index in [-0.39, 0.29) is 0 Å². The molecule has 0 aliphatic rings. The molecule has 2 nitrogen and oxygen atoms in total. The van der Waals surface area contributed by atoms with E-state index >= 15 is 0 Å². The second kappa shape index (κ2) is 4.89. The lowest BCUT2D eigenvalue weighted by atomic mass is 10.4. The largest absolute Gasteiger partial charge is 0.330 e. The molecule has 3 N–H and O–H groups in total. The highest BCUT2D eigenvalue weighted by atomic mass is 32.1. The van der Waals surface area contributed by atoms with E-state index in [0.29, 0.717) is 0 Å². The highest BCUT2D eigenvalue weighted by Gasteiger charge is 2.01. The minimum atomic E-state index is 0.770. The third kappa shape index (κ3) is 2.33. The first-order valence-electron chi connectivity index (χ1n) is 4.77. The smallest absolute Gasteiger partial charge is 0.0453 e. The Bertz CT molecular complexity index is 363. The fraction of sp³-hybridized carbons (Fsp3) is 0.400. The molecule has 2 aromatic rings. The van der Waals surface area contributed by atoms with E-state index in [1.807, 2.05) is 22.7 Å². The molecule has 0 aliphatic heterocycles. The second-order valence-electron chi connectivity index (χ2n) is 3.18. The Morgan fingerprint density at radius 3 is 3.07 bits per heavy atom. The van der Waals surface area contributed by atoms with Gasteiger partial charge in [-0.1, -0.05) is 0 Å². The van der Waals surface area contributed by atoms with Crippen LogP contribution in [-0.2, 0) is 6.54 Å². The number of rotatable bonds is 5. The van der Waals surface area contributed by atoms with Crippen LogP contribution < -0.4 is 11.1 Å². The van der Waals surface area contributed by atoms with Gasteiger partial charge in [0.05, 0.1) is 0 Å². The lowest BCUT2D eigenvalue weighted by Crippen LogP contribution is -2.16. The van der Waals surface area contributed by atoms with Crippen LogP contribution in [0, 0.1) is 0 Å². The normalized spacial score (nSPS) is 11.2. The number of thiophene rings is 2. The van der Waals surface area contributed by atoms with E-state index in [0.717, 1.165) is 26.1 Å². The van der Waals surface area contributed by atoms with Crippen molar-refractivity contribution in [2.24, 2.45) is 5.73 Å². The summed E-state index contributed by atoms with van der Waals surface area (Å²) in [5.41, 5.74) is 5.42. The van der Waals surface area contributed by atoms with Crippen LogP contribution in [-0.4, -0.2) is 13.1 Å². The van der Waals surface area contributed by atoms with Gasteiger partial charge in [0.25, 0.3) is 0 Å². The molecule has 0 atom stereocenters. The predicted molar refractivity (Wildman–Crippen MR) is 65.1 cm³/mol. The maximum absolute atomic E-state index is 5.42. The SMILES string of the molecule is NCCCNCc1cc2sccc2s1. The lowest BCUT2D eigenvalue weighted by Gasteiger charge is -1.99. The molecule has 2 heterocycles. The summed E-state index contributed by atoms with van der Waals surface area (Å²) in [5, 5.41) is 5.53. The van der Waals surface area contributed by atoms with E-state index < -0.39 is 0 Å². The monoisotopic (exact) mass is 226 g/mol. The minimum absolute atomic E-state index is 0.770. The molecule has 0 spiro atoms. The van der Waals surface area contributed by atoms with Crippen LogP contribution in [0.25, 0.3) is 9.40 Å². The first kappa shape index (κ1) is 10.1. The van der Waals surface area contributed by atoms with Gasteiger partial charge in [0, 0.05) is 20.8 Å². The van der Waals surface area contributed by atoms with Crippen LogP contribution in [0.15, 0.2) is 17.5 Å². The summed E-state index contributed by atoms with van der Waals surface area (Å²) >= 11 is 3.69. The van der Waals surface area contributed by atoms with Crippen molar-refractivity contribution in [1.29, 1.82) is 0 Å². The van der Waals surface area contributed by atoms with E-state index in [1.165, 1.54) is 14.3 Å². The van der Waals surface area contributed by atoms with Crippen molar-refractivity contribution in [2.45, 2.75) is 13.0 Å². The maximum Gasteiger partial charge on any atom is 0.0453 e. The number of nitrogens with two attached hydrogens (primary N) is 1. The highest BCUT2D eigenvalue weighted by Crippen LogP contribution is 2.29. The molecule has 0 aromatic carbocycles. The highest BCUT2D eigenvalue weighted by molar-refractivity contribution is 7.26. The molecule has 0 fully saturated rings. The van der Waals surface area contributed by atoms with Crippen molar-refractivity contribution in [1.82, 2.24) is 5.32 Å². The first-order valence-corrected chi connectivity index (χ1v) is 6.46. The van der Waals surface area contributed by atoms with Crippen molar-refractivity contribution in [2.75, 3.05) is 13.1 Å². The molecule has 14 heavy (non-hydrogen) atoms. The Labute approximate surface area is 91.7 Å². The fourth-order valence-electron chi connectivity index (χ4n) is 1.34. The minimum Gasteiger partial charge on any atom is -0.330 e. The summed E-state index contributed by atoms with van der Waals surface area (Å²) in [6.45, 7) is 2.76. The van der Waals surface area contributed by atoms with Crippen molar-refractivity contribution >= 4 is 32.1 Å². The van der Waals surface area contributed by atoms with E-state index in [4.69, 9.17) is 5.73 Å². The van der Waals surface area contributed by atoms with Gasteiger partial charge in [0.1, 0.15) is 0 Å². The molecule has 76 valence electrons. The van der Waals surface area contributed by atoms with Crippen molar-refractivity contribution < 1.29 is 0 Å². The summed E-state index contributed by atoms with van der Waals surface area (Å²) in [6.07, 6.45) is 1.06. The number of fused-ring (bicyclic) bond motifs is 1. The van der Waals surface area contributed by atoms with Crippen LogP contribution >= 0.6 is 22.7 Å². The Balaban J connectivity index is 1.89. The van der Waals surface area contributed by atoms with Crippen LogP contribution in [0.3, 0.4) is 0 Å². The molecule has 0 bridgehead atoms. The number of hydrogen-bond acceptors (Lipinski definition) is 4. The van der Waals surface area contributed by atoms with Crippen LogP contribution in [0.2, 0.25) is 0 Å². The Morgan fingerprint density at radius 1 is 1.36 bits per heavy atom. The van der Waals surface area contributed by atoms with Crippen LogP contribution in [0.5, 0.6) is 0 Å². The Kier molecular flexibility index (Phi) is 3.53. The van der Waals surface area contributed by atoms with E-state index in [9.17, 15) is 0 Å². The topological polar surface area (TPSA) is 38.0 Å². The summed E-state index contributed by atoms with van der Waals surface area (Å²) in [6, 6.07) is 4.47. The molecular weight excluding hydrogens is 212 g/mol. The van der Waals surface area contributed by atoms with Crippen molar-refractivity contribution in [3.05, 3.63) is 22.4 Å². The zero-order valence-corrected chi connectivity index (χ0v) is 9.59. The van der Waals surface area contributed by atoms with Crippen LogP contribution in [0.1, 0.15) is 11.3 Å². The standard InChI is InChI=1S/C10H14N2S2/c11-3-1-4-12-7-8-6-10-9(14-8)2-5-13-10/h2,5-6,12H,1,3-4,7,11H2. The van der Waals surface area contributed by atoms with Crippen molar-refractivity contribution in [3.63, 3.8) is 0 Å².